The van der Waals surface area contributed by atoms with Gasteiger partial charge in [-0.2, -0.15) is 13.2 Å². The van der Waals surface area contributed by atoms with E-state index in [-0.39, 0.29) is 25.3 Å². The van der Waals surface area contributed by atoms with Crippen LogP contribution < -0.4 is 4.90 Å². The first kappa shape index (κ1) is 18.0. The third-order valence-electron chi connectivity index (χ3n) is 3.31. The fourth-order valence-corrected chi connectivity index (χ4v) is 3.66. The average molecular weight is 460 g/mol. The highest BCUT2D eigenvalue weighted by Crippen LogP contribution is 2.32. The van der Waals surface area contributed by atoms with E-state index in [2.05, 4.69) is 0 Å². The van der Waals surface area contributed by atoms with Crippen molar-refractivity contribution in [3.8, 4) is 0 Å². The van der Waals surface area contributed by atoms with Crippen LogP contribution in [-0.4, -0.2) is 47.8 Å². The summed E-state index contributed by atoms with van der Waals surface area (Å²) < 4.78 is 39.1. The fourth-order valence-electron chi connectivity index (χ4n) is 2.13. The summed E-state index contributed by atoms with van der Waals surface area (Å²) in [5.41, 5.74) is 0.835. The Morgan fingerprint density at radius 2 is 2.13 bits per heavy atom. The van der Waals surface area contributed by atoms with Gasteiger partial charge in [-0.15, -0.1) is 11.3 Å². The molecule has 0 atom stereocenters. The smallest absolute Gasteiger partial charge is 0.465 e. The molecule has 0 radical (unpaired) electrons. The SMILES string of the molecule is O=C(O)N1CC=C(CN(C(=O)C(F)(F)F)c2ccsc2I)CC1. The number of carboxylic acid groups (broad SMARTS) is 1. The highest BCUT2D eigenvalue weighted by Gasteiger charge is 2.43. The number of nitrogens with zero attached hydrogens (tertiary/aromatic N) is 2. The van der Waals surface area contributed by atoms with Gasteiger partial charge in [-0.1, -0.05) is 11.6 Å². The van der Waals surface area contributed by atoms with Gasteiger partial charge in [0.05, 0.1) is 8.57 Å². The normalized spacial score (nSPS) is 15.3. The zero-order valence-electron chi connectivity index (χ0n) is 11.6. The van der Waals surface area contributed by atoms with Crippen LogP contribution in [0.4, 0.5) is 23.7 Å². The van der Waals surface area contributed by atoms with Crippen LogP contribution in [0.1, 0.15) is 6.42 Å². The Kier molecular flexibility index (Phi) is 5.55. The average Bonchev–Trinajstić information content (AvgIpc) is 2.89. The van der Waals surface area contributed by atoms with Crippen molar-refractivity contribution >= 4 is 51.6 Å². The molecule has 10 heteroatoms. The summed E-state index contributed by atoms with van der Waals surface area (Å²) in [5, 5.41) is 10.5. The van der Waals surface area contributed by atoms with Crippen LogP contribution in [0.25, 0.3) is 0 Å². The van der Waals surface area contributed by atoms with Crippen molar-refractivity contribution in [3.05, 3.63) is 26.0 Å². The fraction of sp³-hybridized carbons (Fsp3) is 0.385. The Morgan fingerprint density at radius 1 is 1.43 bits per heavy atom. The van der Waals surface area contributed by atoms with E-state index in [4.69, 9.17) is 5.11 Å². The van der Waals surface area contributed by atoms with Gasteiger partial charge in [-0.05, 0) is 40.5 Å². The lowest BCUT2D eigenvalue weighted by Crippen LogP contribution is -2.43. The molecule has 2 heterocycles. The summed E-state index contributed by atoms with van der Waals surface area (Å²) in [7, 11) is 0. The summed E-state index contributed by atoms with van der Waals surface area (Å²) >= 11 is 3.14. The van der Waals surface area contributed by atoms with E-state index in [1.54, 1.807) is 11.5 Å². The van der Waals surface area contributed by atoms with Crippen LogP contribution in [0.3, 0.4) is 0 Å². The Labute approximate surface area is 147 Å². The molecular formula is C13H12F3IN2O3S. The predicted molar refractivity (Wildman–Crippen MR) is 87.7 cm³/mol. The summed E-state index contributed by atoms with van der Waals surface area (Å²) in [6.07, 6.45) is -4.17. The molecule has 1 N–H and O–H groups in total. The Hall–Kier alpha value is -1.30. The number of anilines is 1. The molecule has 23 heavy (non-hydrogen) atoms. The molecule has 0 saturated heterocycles. The van der Waals surface area contributed by atoms with Gasteiger partial charge in [-0.3, -0.25) is 9.69 Å². The number of hydrogen-bond acceptors (Lipinski definition) is 3. The lowest BCUT2D eigenvalue weighted by Gasteiger charge is -2.28. The highest BCUT2D eigenvalue weighted by atomic mass is 127. The van der Waals surface area contributed by atoms with Gasteiger partial charge in [-0.25, -0.2) is 4.79 Å². The Morgan fingerprint density at radius 3 is 2.57 bits per heavy atom. The number of carbonyl (C=O) groups is 2. The van der Waals surface area contributed by atoms with E-state index in [0.29, 0.717) is 19.8 Å². The first-order valence-electron chi connectivity index (χ1n) is 6.47. The van der Waals surface area contributed by atoms with E-state index >= 15 is 0 Å². The zero-order chi connectivity index (χ0) is 17.2. The van der Waals surface area contributed by atoms with Crippen LogP contribution in [0.5, 0.6) is 0 Å². The van der Waals surface area contributed by atoms with E-state index in [0.717, 1.165) is 4.90 Å². The number of halogens is 4. The third-order valence-corrected chi connectivity index (χ3v) is 5.32. The van der Waals surface area contributed by atoms with Crippen molar-refractivity contribution < 1.29 is 27.9 Å². The Balaban J connectivity index is 2.21. The van der Waals surface area contributed by atoms with Gasteiger partial charge in [0, 0.05) is 19.6 Å². The molecule has 0 unspecified atom stereocenters. The van der Waals surface area contributed by atoms with E-state index in [9.17, 15) is 22.8 Å². The van der Waals surface area contributed by atoms with E-state index < -0.39 is 18.2 Å². The number of carbonyl (C=O) groups excluding carboxylic acids is 1. The van der Waals surface area contributed by atoms with Crippen molar-refractivity contribution in [3.63, 3.8) is 0 Å². The number of alkyl halides is 3. The molecule has 1 aromatic heterocycles. The van der Waals surface area contributed by atoms with Crippen molar-refractivity contribution in [2.45, 2.75) is 12.6 Å². The minimum absolute atomic E-state index is 0.111. The quantitative estimate of drug-likeness (QED) is 0.555. The molecule has 0 saturated carbocycles. The minimum Gasteiger partial charge on any atom is -0.465 e. The monoisotopic (exact) mass is 460 g/mol. The molecule has 0 fully saturated rings. The van der Waals surface area contributed by atoms with Crippen molar-refractivity contribution in [2.24, 2.45) is 0 Å². The van der Waals surface area contributed by atoms with Crippen LogP contribution in [0.15, 0.2) is 23.1 Å². The maximum Gasteiger partial charge on any atom is 0.471 e. The van der Waals surface area contributed by atoms with Crippen molar-refractivity contribution in [1.82, 2.24) is 4.90 Å². The van der Waals surface area contributed by atoms with Crippen LogP contribution in [0.2, 0.25) is 0 Å². The van der Waals surface area contributed by atoms with Gasteiger partial charge >= 0.3 is 18.2 Å². The zero-order valence-corrected chi connectivity index (χ0v) is 14.6. The van der Waals surface area contributed by atoms with Crippen LogP contribution in [-0.2, 0) is 4.79 Å². The topological polar surface area (TPSA) is 60.9 Å². The van der Waals surface area contributed by atoms with E-state index in [1.165, 1.54) is 17.4 Å². The summed E-state index contributed by atoms with van der Waals surface area (Å²) in [4.78, 5) is 24.4. The maximum atomic E-state index is 12.8. The Bertz CT molecular complexity index is 645. The van der Waals surface area contributed by atoms with E-state index in [1.807, 2.05) is 22.6 Å². The first-order chi connectivity index (χ1) is 10.7. The standard InChI is InChI=1S/C13H12F3IN2O3S/c14-13(15,16)11(20)19(9-3-6-23-10(9)17)7-8-1-4-18(5-2-8)12(21)22/h1,3,6H,2,4-5,7H2,(H,21,22). The largest absolute Gasteiger partial charge is 0.471 e. The second-order valence-electron chi connectivity index (χ2n) is 4.81. The second-order valence-corrected chi connectivity index (χ2v) is 7.54. The molecule has 2 rings (SSSR count). The summed E-state index contributed by atoms with van der Waals surface area (Å²) in [5.74, 6) is -1.92. The minimum atomic E-state index is -4.96. The molecule has 0 aliphatic carbocycles. The van der Waals surface area contributed by atoms with Gasteiger partial charge in [0.25, 0.3) is 0 Å². The lowest BCUT2D eigenvalue weighted by molar-refractivity contribution is -0.170. The maximum absolute atomic E-state index is 12.8. The third kappa shape index (κ3) is 4.37. The number of amides is 2. The lowest BCUT2D eigenvalue weighted by atomic mass is 10.1. The summed E-state index contributed by atoms with van der Waals surface area (Å²) in [6, 6.07) is 1.48. The molecule has 0 bridgehead atoms. The molecule has 1 aliphatic rings. The number of rotatable bonds is 3. The molecule has 2 amide bonds. The molecule has 1 aliphatic heterocycles. The molecule has 1 aromatic rings. The molecule has 5 nitrogen and oxygen atoms in total. The van der Waals surface area contributed by atoms with Gasteiger partial charge < -0.3 is 10.0 Å². The molecule has 126 valence electrons. The first-order valence-corrected chi connectivity index (χ1v) is 8.43. The summed E-state index contributed by atoms with van der Waals surface area (Å²) in [6.45, 7) is 0.119. The molecule has 0 aromatic carbocycles. The van der Waals surface area contributed by atoms with Crippen LogP contribution in [0, 0.1) is 2.88 Å². The van der Waals surface area contributed by atoms with Gasteiger partial charge in [0.1, 0.15) is 0 Å². The van der Waals surface area contributed by atoms with Crippen LogP contribution >= 0.6 is 33.9 Å². The highest BCUT2D eigenvalue weighted by molar-refractivity contribution is 14.1. The molecule has 0 spiro atoms. The predicted octanol–water partition coefficient (Wildman–Crippen LogP) is 3.56. The van der Waals surface area contributed by atoms with Gasteiger partial charge in [0.15, 0.2) is 0 Å². The van der Waals surface area contributed by atoms with Gasteiger partial charge in [0.2, 0.25) is 0 Å². The second kappa shape index (κ2) is 7.07. The molecular weight excluding hydrogens is 448 g/mol. The van der Waals surface area contributed by atoms with Crippen molar-refractivity contribution in [2.75, 3.05) is 24.5 Å². The van der Waals surface area contributed by atoms with Crippen molar-refractivity contribution in [1.29, 1.82) is 0 Å². The number of thiophene rings is 1. The number of hydrogen-bond donors (Lipinski definition) is 1.